The van der Waals surface area contributed by atoms with Crippen molar-refractivity contribution < 1.29 is 4.79 Å². The number of carbonyl (C=O) groups excluding carboxylic acids is 1. The van der Waals surface area contributed by atoms with E-state index < -0.39 is 0 Å². The standard InChI is InChI=1S/C13H15ClN4O/c1-8-12(18-7-17-8)6-16-11-5-9(13(19)15-2)3-4-10(11)14/h3-5,7,16H,6H2,1-2H3,(H,15,19)(H,17,18). The van der Waals surface area contributed by atoms with Crippen LogP contribution >= 0.6 is 11.6 Å². The monoisotopic (exact) mass is 278 g/mol. The van der Waals surface area contributed by atoms with Crippen LogP contribution in [0, 0.1) is 6.92 Å². The van der Waals surface area contributed by atoms with Gasteiger partial charge in [-0.15, -0.1) is 0 Å². The average molecular weight is 279 g/mol. The fraction of sp³-hybridized carbons (Fsp3) is 0.231. The molecule has 1 aromatic heterocycles. The van der Waals surface area contributed by atoms with Crippen molar-refractivity contribution in [2.24, 2.45) is 0 Å². The van der Waals surface area contributed by atoms with Gasteiger partial charge in [-0.3, -0.25) is 4.79 Å². The summed E-state index contributed by atoms with van der Waals surface area (Å²) in [5.41, 5.74) is 3.20. The molecule has 0 aliphatic rings. The van der Waals surface area contributed by atoms with Crippen LogP contribution < -0.4 is 10.6 Å². The second-order valence-electron chi connectivity index (χ2n) is 4.10. The van der Waals surface area contributed by atoms with Crippen molar-refractivity contribution in [2.75, 3.05) is 12.4 Å². The molecular formula is C13H15ClN4O. The van der Waals surface area contributed by atoms with Crippen LogP contribution in [-0.2, 0) is 6.54 Å². The molecule has 0 spiro atoms. The molecule has 1 amide bonds. The number of aryl methyl sites for hydroxylation is 1. The van der Waals surface area contributed by atoms with Gasteiger partial charge in [0.2, 0.25) is 0 Å². The average Bonchev–Trinajstić information content (AvgIpc) is 2.82. The maximum Gasteiger partial charge on any atom is 0.251 e. The molecule has 2 aromatic rings. The van der Waals surface area contributed by atoms with E-state index in [0.29, 0.717) is 22.8 Å². The van der Waals surface area contributed by atoms with Gasteiger partial charge in [-0.2, -0.15) is 0 Å². The third kappa shape index (κ3) is 3.06. The van der Waals surface area contributed by atoms with E-state index in [9.17, 15) is 4.79 Å². The Bertz CT molecular complexity index is 594. The number of nitrogens with zero attached hydrogens (tertiary/aromatic N) is 1. The minimum atomic E-state index is -0.143. The summed E-state index contributed by atoms with van der Waals surface area (Å²) in [7, 11) is 1.59. The molecule has 1 aromatic carbocycles. The van der Waals surface area contributed by atoms with Crippen LogP contribution in [0.15, 0.2) is 24.5 Å². The molecule has 0 fully saturated rings. The summed E-state index contributed by atoms with van der Waals surface area (Å²) in [5.74, 6) is -0.143. The second kappa shape index (κ2) is 5.75. The van der Waals surface area contributed by atoms with E-state index in [0.717, 1.165) is 11.4 Å². The van der Waals surface area contributed by atoms with Gasteiger partial charge in [-0.1, -0.05) is 11.6 Å². The van der Waals surface area contributed by atoms with Gasteiger partial charge < -0.3 is 15.6 Å². The van der Waals surface area contributed by atoms with Crippen LogP contribution in [0.4, 0.5) is 5.69 Å². The van der Waals surface area contributed by atoms with Gasteiger partial charge in [-0.05, 0) is 25.1 Å². The fourth-order valence-corrected chi connectivity index (χ4v) is 1.88. The first-order chi connectivity index (χ1) is 9.11. The van der Waals surface area contributed by atoms with Crippen molar-refractivity contribution >= 4 is 23.2 Å². The summed E-state index contributed by atoms with van der Waals surface area (Å²) in [6.45, 7) is 2.50. The minimum absolute atomic E-state index is 0.143. The molecule has 1 heterocycles. The number of benzene rings is 1. The molecule has 6 heteroatoms. The van der Waals surface area contributed by atoms with E-state index >= 15 is 0 Å². The molecule has 3 N–H and O–H groups in total. The number of aromatic nitrogens is 2. The number of aromatic amines is 1. The van der Waals surface area contributed by atoms with Crippen molar-refractivity contribution in [2.45, 2.75) is 13.5 Å². The summed E-state index contributed by atoms with van der Waals surface area (Å²) in [4.78, 5) is 18.8. The molecule has 0 radical (unpaired) electrons. The quantitative estimate of drug-likeness (QED) is 0.804. The first kappa shape index (κ1) is 13.4. The van der Waals surface area contributed by atoms with Crippen molar-refractivity contribution in [1.82, 2.24) is 15.3 Å². The third-order valence-corrected chi connectivity index (χ3v) is 3.17. The summed E-state index contributed by atoms with van der Waals surface area (Å²) in [5, 5.41) is 6.33. The number of carbonyl (C=O) groups is 1. The molecule has 2 rings (SSSR count). The molecular weight excluding hydrogens is 264 g/mol. The molecule has 100 valence electrons. The van der Waals surface area contributed by atoms with Gasteiger partial charge in [0.15, 0.2) is 0 Å². The molecule has 0 aliphatic carbocycles. The first-order valence-corrected chi connectivity index (χ1v) is 6.24. The number of H-pyrrole nitrogens is 1. The zero-order chi connectivity index (χ0) is 13.8. The van der Waals surface area contributed by atoms with E-state index in [1.807, 2.05) is 6.92 Å². The Balaban J connectivity index is 2.15. The van der Waals surface area contributed by atoms with Crippen LogP contribution in [0.1, 0.15) is 21.7 Å². The van der Waals surface area contributed by atoms with E-state index in [-0.39, 0.29) is 5.91 Å². The predicted octanol–water partition coefficient (Wildman–Crippen LogP) is 2.34. The molecule has 0 atom stereocenters. The lowest BCUT2D eigenvalue weighted by Gasteiger charge is -2.09. The van der Waals surface area contributed by atoms with E-state index in [1.54, 1.807) is 31.6 Å². The smallest absolute Gasteiger partial charge is 0.251 e. The van der Waals surface area contributed by atoms with E-state index in [2.05, 4.69) is 20.6 Å². The Hall–Kier alpha value is -2.01. The van der Waals surface area contributed by atoms with Gasteiger partial charge in [-0.25, -0.2) is 4.98 Å². The Kier molecular flexibility index (Phi) is 4.06. The topological polar surface area (TPSA) is 69.8 Å². The summed E-state index contributed by atoms with van der Waals surface area (Å²) in [6.07, 6.45) is 1.65. The molecule has 19 heavy (non-hydrogen) atoms. The highest BCUT2D eigenvalue weighted by Crippen LogP contribution is 2.23. The SMILES string of the molecule is CNC(=O)c1ccc(Cl)c(NCc2nc[nH]c2C)c1. The summed E-state index contributed by atoms with van der Waals surface area (Å²) < 4.78 is 0. The van der Waals surface area contributed by atoms with Crippen molar-refractivity contribution in [1.29, 1.82) is 0 Å². The second-order valence-corrected chi connectivity index (χ2v) is 4.51. The largest absolute Gasteiger partial charge is 0.378 e. The highest BCUT2D eigenvalue weighted by atomic mass is 35.5. The van der Waals surface area contributed by atoms with Crippen molar-refractivity contribution in [3.63, 3.8) is 0 Å². The molecule has 0 aliphatic heterocycles. The highest BCUT2D eigenvalue weighted by Gasteiger charge is 2.08. The van der Waals surface area contributed by atoms with Crippen molar-refractivity contribution in [3.8, 4) is 0 Å². The van der Waals surface area contributed by atoms with Crippen LogP contribution in [0.3, 0.4) is 0 Å². The van der Waals surface area contributed by atoms with Crippen LogP contribution in [-0.4, -0.2) is 22.9 Å². The maximum absolute atomic E-state index is 11.6. The number of imidazole rings is 1. The van der Waals surface area contributed by atoms with Gasteiger partial charge >= 0.3 is 0 Å². The fourth-order valence-electron chi connectivity index (χ4n) is 1.69. The third-order valence-electron chi connectivity index (χ3n) is 2.84. The van der Waals surface area contributed by atoms with E-state index in [1.165, 1.54) is 0 Å². The molecule has 5 nitrogen and oxygen atoms in total. The van der Waals surface area contributed by atoms with Crippen LogP contribution in [0.25, 0.3) is 0 Å². The number of rotatable bonds is 4. The lowest BCUT2D eigenvalue weighted by Crippen LogP contribution is -2.17. The van der Waals surface area contributed by atoms with Gasteiger partial charge in [0, 0.05) is 18.3 Å². The van der Waals surface area contributed by atoms with Gasteiger partial charge in [0.1, 0.15) is 0 Å². The Morgan fingerprint density at radius 2 is 2.26 bits per heavy atom. The Labute approximate surface area is 116 Å². The highest BCUT2D eigenvalue weighted by molar-refractivity contribution is 6.33. The van der Waals surface area contributed by atoms with Gasteiger partial charge in [0.25, 0.3) is 5.91 Å². The van der Waals surface area contributed by atoms with Crippen LogP contribution in [0.5, 0.6) is 0 Å². The maximum atomic E-state index is 11.6. The number of halogens is 1. The minimum Gasteiger partial charge on any atom is -0.378 e. The first-order valence-electron chi connectivity index (χ1n) is 5.86. The number of nitrogens with one attached hydrogen (secondary N) is 3. The number of hydrogen-bond acceptors (Lipinski definition) is 3. The molecule has 0 unspecified atom stereocenters. The lowest BCUT2D eigenvalue weighted by atomic mass is 10.2. The number of anilines is 1. The summed E-state index contributed by atoms with van der Waals surface area (Å²) >= 11 is 6.10. The predicted molar refractivity (Wildman–Crippen MR) is 75.5 cm³/mol. The Morgan fingerprint density at radius 3 is 2.89 bits per heavy atom. The van der Waals surface area contributed by atoms with Crippen molar-refractivity contribution in [3.05, 3.63) is 46.5 Å². The number of amides is 1. The lowest BCUT2D eigenvalue weighted by molar-refractivity contribution is 0.0963. The normalized spacial score (nSPS) is 10.3. The Morgan fingerprint density at radius 1 is 1.47 bits per heavy atom. The van der Waals surface area contributed by atoms with Gasteiger partial charge in [0.05, 0.1) is 29.3 Å². The summed E-state index contributed by atoms with van der Waals surface area (Å²) in [6, 6.07) is 5.11. The molecule has 0 saturated carbocycles. The van der Waals surface area contributed by atoms with E-state index in [4.69, 9.17) is 11.6 Å². The zero-order valence-electron chi connectivity index (χ0n) is 10.7. The van der Waals surface area contributed by atoms with Crippen LogP contribution in [0.2, 0.25) is 5.02 Å². The molecule has 0 saturated heterocycles. The molecule has 0 bridgehead atoms. The zero-order valence-corrected chi connectivity index (χ0v) is 11.5. The number of hydrogen-bond donors (Lipinski definition) is 3.